The van der Waals surface area contributed by atoms with E-state index in [1.807, 2.05) is 0 Å². The Labute approximate surface area is 86.2 Å². The predicted molar refractivity (Wildman–Crippen MR) is 54.2 cm³/mol. The Hall–Kier alpha value is -0.800. The van der Waals surface area contributed by atoms with Crippen molar-refractivity contribution in [2.24, 2.45) is 5.73 Å². The molecular weight excluding hydrogens is 203 g/mol. The summed E-state index contributed by atoms with van der Waals surface area (Å²) in [4.78, 5) is 0. The number of halogens is 2. The van der Waals surface area contributed by atoms with Crippen LogP contribution in [0.15, 0.2) is 12.1 Å². The van der Waals surface area contributed by atoms with E-state index < -0.39 is 0 Å². The van der Waals surface area contributed by atoms with Crippen LogP contribution in [0.25, 0.3) is 0 Å². The molecule has 14 heavy (non-hydrogen) atoms. The molecule has 0 aromatic heterocycles. The summed E-state index contributed by atoms with van der Waals surface area (Å²) in [5, 5.41) is 3.68. The Morgan fingerprint density at radius 3 is 2.93 bits per heavy atom. The second-order valence-electron chi connectivity index (χ2n) is 4.10. The first kappa shape index (κ1) is 8.50. The van der Waals surface area contributed by atoms with E-state index >= 15 is 0 Å². The highest BCUT2D eigenvalue weighted by Gasteiger charge is 2.58. The molecule has 0 bridgehead atoms. The predicted octanol–water partition coefficient (Wildman–Crippen LogP) is 1.87. The minimum Gasteiger partial charge on any atom is -0.381 e. The molecule has 3 rings (SSSR count). The van der Waals surface area contributed by atoms with Gasteiger partial charge in [-0.3, -0.25) is 0 Å². The van der Waals surface area contributed by atoms with Gasteiger partial charge < -0.3 is 11.1 Å². The van der Waals surface area contributed by atoms with Gasteiger partial charge in [0.15, 0.2) is 0 Å². The number of nitrogens with one attached hydrogen (secondary N) is 1. The first-order valence-corrected chi connectivity index (χ1v) is 5.01. The van der Waals surface area contributed by atoms with Crippen LogP contribution >= 0.6 is 11.6 Å². The van der Waals surface area contributed by atoms with Gasteiger partial charge in [-0.2, -0.15) is 0 Å². The zero-order chi connectivity index (χ0) is 9.92. The van der Waals surface area contributed by atoms with Crippen molar-refractivity contribution in [3.05, 3.63) is 28.5 Å². The van der Waals surface area contributed by atoms with Crippen LogP contribution in [0.1, 0.15) is 12.0 Å². The van der Waals surface area contributed by atoms with E-state index in [1.54, 1.807) is 6.07 Å². The molecule has 1 saturated carbocycles. The number of benzene rings is 1. The van der Waals surface area contributed by atoms with Crippen molar-refractivity contribution in [1.82, 2.24) is 0 Å². The van der Waals surface area contributed by atoms with Crippen molar-refractivity contribution in [3.63, 3.8) is 0 Å². The number of rotatable bonds is 0. The Balaban J connectivity index is 2.24. The topological polar surface area (TPSA) is 38.0 Å². The fourth-order valence-corrected chi connectivity index (χ4v) is 2.72. The van der Waals surface area contributed by atoms with Gasteiger partial charge in [-0.25, -0.2) is 4.39 Å². The Kier molecular flexibility index (Phi) is 1.46. The lowest BCUT2D eigenvalue weighted by molar-refractivity contribution is 0.631. The van der Waals surface area contributed by atoms with Gasteiger partial charge in [-0.05, 0) is 18.6 Å². The molecule has 1 spiro atoms. The fraction of sp³-hybridized carbons (Fsp3) is 0.400. The van der Waals surface area contributed by atoms with Crippen LogP contribution in [0.5, 0.6) is 0 Å². The molecule has 0 amide bonds. The Morgan fingerprint density at radius 2 is 2.29 bits per heavy atom. The van der Waals surface area contributed by atoms with E-state index in [0.29, 0.717) is 17.3 Å². The molecule has 1 heterocycles. The normalized spacial score (nSPS) is 32.9. The van der Waals surface area contributed by atoms with E-state index in [9.17, 15) is 4.39 Å². The lowest BCUT2D eigenvalue weighted by Crippen LogP contribution is -2.20. The van der Waals surface area contributed by atoms with Gasteiger partial charge in [-0.1, -0.05) is 11.6 Å². The molecule has 1 fully saturated rings. The molecule has 0 saturated heterocycles. The highest BCUT2D eigenvalue weighted by Crippen LogP contribution is 2.56. The lowest BCUT2D eigenvalue weighted by atomic mass is 9.97. The van der Waals surface area contributed by atoms with Crippen molar-refractivity contribution in [3.8, 4) is 0 Å². The number of anilines is 1. The number of fused-ring (bicyclic) bond motifs is 2. The van der Waals surface area contributed by atoms with Crippen LogP contribution in [0.3, 0.4) is 0 Å². The highest BCUT2D eigenvalue weighted by atomic mass is 35.5. The smallest absolute Gasteiger partial charge is 0.146 e. The van der Waals surface area contributed by atoms with Gasteiger partial charge >= 0.3 is 0 Å². The Morgan fingerprint density at radius 1 is 1.57 bits per heavy atom. The van der Waals surface area contributed by atoms with E-state index in [4.69, 9.17) is 17.3 Å². The summed E-state index contributed by atoms with van der Waals surface area (Å²) in [6, 6.07) is 3.12. The van der Waals surface area contributed by atoms with Crippen molar-refractivity contribution in [2.45, 2.75) is 17.9 Å². The molecule has 2 unspecified atom stereocenters. The van der Waals surface area contributed by atoms with Crippen LogP contribution in [0.4, 0.5) is 10.1 Å². The van der Waals surface area contributed by atoms with E-state index in [-0.39, 0.29) is 17.3 Å². The second-order valence-corrected chi connectivity index (χ2v) is 4.51. The summed E-state index contributed by atoms with van der Waals surface area (Å²) in [6.07, 6.45) is 0.899. The number of hydrogen-bond donors (Lipinski definition) is 2. The van der Waals surface area contributed by atoms with Crippen LogP contribution in [0, 0.1) is 5.82 Å². The molecule has 4 heteroatoms. The van der Waals surface area contributed by atoms with Crippen molar-refractivity contribution in [2.75, 3.05) is 11.9 Å². The van der Waals surface area contributed by atoms with Gasteiger partial charge in [0.25, 0.3) is 0 Å². The largest absolute Gasteiger partial charge is 0.381 e. The number of nitrogens with two attached hydrogens (primary N) is 1. The zero-order valence-electron chi connectivity index (χ0n) is 7.48. The molecule has 0 radical (unpaired) electrons. The highest BCUT2D eigenvalue weighted by molar-refractivity contribution is 6.32. The van der Waals surface area contributed by atoms with Crippen molar-refractivity contribution < 1.29 is 4.39 Å². The minimum absolute atomic E-state index is 0.0888. The maximum absolute atomic E-state index is 13.4. The molecular formula is C10H10ClFN2. The van der Waals surface area contributed by atoms with Gasteiger partial charge in [0.05, 0.1) is 5.69 Å². The van der Waals surface area contributed by atoms with Gasteiger partial charge in [0.2, 0.25) is 0 Å². The van der Waals surface area contributed by atoms with Crippen LogP contribution in [-0.4, -0.2) is 12.6 Å². The fourth-order valence-electron chi connectivity index (χ4n) is 2.37. The second kappa shape index (κ2) is 2.41. The third-order valence-corrected chi connectivity index (χ3v) is 3.63. The van der Waals surface area contributed by atoms with E-state index in [2.05, 4.69) is 5.32 Å². The standard InChI is InChI=1S/C10H10ClFN2/c11-5-1-2-6(12)9-8(5)10(4-14-9)3-7(10)13/h1-2,7,14H,3-4,13H2. The molecule has 2 atom stereocenters. The number of hydrogen-bond acceptors (Lipinski definition) is 2. The van der Waals surface area contributed by atoms with Gasteiger partial charge in [0.1, 0.15) is 5.82 Å². The summed E-state index contributed by atoms with van der Waals surface area (Å²) in [5.41, 5.74) is 7.21. The van der Waals surface area contributed by atoms with Crippen LogP contribution < -0.4 is 11.1 Å². The zero-order valence-corrected chi connectivity index (χ0v) is 8.24. The third kappa shape index (κ3) is 0.842. The molecule has 74 valence electrons. The quantitative estimate of drug-likeness (QED) is 0.689. The lowest BCUT2D eigenvalue weighted by Gasteiger charge is -2.09. The molecule has 2 aliphatic rings. The summed E-state index contributed by atoms with van der Waals surface area (Å²) < 4.78 is 13.4. The molecule has 1 aliphatic carbocycles. The summed E-state index contributed by atoms with van der Waals surface area (Å²) in [5.74, 6) is -0.236. The SMILES string of the molecule is NC1CC12CNc1c(F)ccc(Cl)c12. The third-order valence-electron chi connectivity index (χ3n) is 3.32. The van der Waals surface area contributed by atoms with Crippen molar-refractivity contribution >= 4 is 17.3 Å². The van der Waals surface area contributed by atoms with E-state index in [0.717, 1.165) is 12.0 Å². The average molecular weight is 213 g/mol. The molecule has 2 nitrogen and oxygen atoms in total. The molecule has 1 aliphatic heterocycles. The first-order chi connectivity index (χ1) is 6.65. The minimum atomic E-state index is -0.236. The van der Waals surface area contributed by atoms with Crippen LogP contribution in [0.2, 0.25) is 5.02 Å². The molecule has 1 aromatic rings. The van der Waals surface area contributed by atoms with Gasteiger partial charge in [-0.15, -0.1) is 0 Å². The summed E-state index contributed by atoms with van der Waals surface area (Å²) in [7, 11) is 0. The monoisotopic (exact) mass is 212 g/mol. The first-order valence-electron chi connectivity index (χ1n) is 4.63. The summed E-state index contributed by atoms with van der Waals surface area (Å²) >= 11 is 6.07. The Bertz CT molecular complexity index is 421. The maximum atomic E-state index is 13.4. The summed E-state index contributed by atoms with van der Waals surface area (Å²) in [6.45, 7) is 0.712. The van der Waals surface area contributed by atoms with Crippen molar-refractivity contribution in [1.29, 1.82) is 0 Å². The average Bonchev–Trinajstić information content (AvgIpc) is 2.60. The maximum Gasteiger partial charge on any atom is 0.146 e. The molecule has 1 aromatic carbocycles. The van der Waals surface area contributed by atoms with E-state index in [1.165, 1.54) is 6.07 Å². The van der Waals surface area contributed by atoms with Gasteiger partial charge in [0, 0.05) is 28.6 Å². The molecule has 3 N–H and O–H groups in total. The van der Waals surface area contributed by atoms with Crippen LogP contribution in [-0.2, 0) is 5.41 Å².